The van der Waals surface area contributed by atoms with E-state index >= 15 is 0 Å². The molecule has 0 saturated carbocycles. The lowest BCUT2D eigenvalue weighted by molar-refractivity contribution is 0.464. The molecule has 2 aliphatic heterocycles. The van der Waals surface area contributed by atoms with Gasteiger partial charge in [-0.25, -0.2) is 4.99 Å². The maximum Gasteiger partial charge on any atom is 0.166 e. The number of aliphatic imine (C=N–C) groups is 2. The minimum absolute atomic E-state index is 0.243. The molecule has 1 fully saturated rings. The number of benzene rings is 2. The first kappa shape index (κ1) is 18.4. The van der Waals surface area contributed by atoms with Crippen molar-refractivity contribution in [3.05, 3.63) is 60.2 Å². The topological polar surface area (TPSA) is 40.0 Å². The summed E-state index contributed by atoms with van der Waals surface area (Å²) in [5.41, 5.74) is 3.31. The zero-order valence-electron chi connectivity index (χ0n) is 15.5. The Hall–Kier alpha value is -1.92. The third-order valence-electron chi connectivity index (χ3n) is 4.47. The number of amidine groups is 2. The number of hydrogen-bond donors (Lipinski definition) is 1. The van der Waals surface area contributed by atoms with Gasteiger partial charge in [-0.1, -0.05) is 60.8 Å². The Bertz CT molecular complexity index is 835. The second-order valence-corrected chi connectivity index (χ2v) is 8.72. The second-order valence-electron chi connectivity index (χ2n) is 6.57. The van der Waals surface area contributed by atoms with Crippen molar-refractivity contribution in [1.29, 1.82) is 0 Å². The minimum atomic E-state index is 0.243. The molecule has 140 valence electrons. The lowest BCUT2D eigenvalue weighted by atomic mass is 10.1. The molecule has 2 aromatic carbocycles. The van der Waals surface area contributed by atoms with Crippen LogP contribution in [0.15, 0.2) is 64.6 Å². The molecule has 27 heavy (non-hydrogen) atoms. The fourth-order valence-electron chi connectivity index (χ4n) is 3.15. The van der Waals surface area contributed by atoms with E-state index in [0.29, 0.717) is 0 Å². The first-order valence-electron chi connectivity index (χ1n) is 9.41. The monoisotopic (exact) mass is 396 g/mol. The number of anilines is 1. The number of nitrogens with zero attached hydrogens (tertiary/aromatic N) is 3. The van der Waals surface area contributed by atoms with Gasteiger partial charge >= 0.3 is 0 Å². The first-order chi connectivity index (χ1) is 13.3. The van der Waals surface area contributed by atoms with Crippen LogP contribution >= 0.6 is 23.5 Å². The molecule has 1 atom stereocenters. The van der Waals surface area contributed by atoms with Gasteiger partial charge in [0.2, 0.25) is 0 Å². The standard InChI is InChI=1S/C21H24N4S2/c1-2-12-26-20(22-17-8-4-3-5-9-17)23-18-10-6-7-16(14-18)19-15-25-11-13-27-21(25)24-19/h3-10,14,19H,2,11-13,15H2,1H3,(H,22,23). The maximum atomic E-state index is 4.90. The molecule has 6 heteroatoms. The summed E-state index contributed by atoms with van der Waals surface area (Å²) in [7, 11) is 0. The Morgan fingerprint density at radius 1 is 1.26 bits per heavy atom. The molecular formula is C21H24N4S2. The summed E-state index contributed by atoms with van der Waals surface area (Å²) in [6.45, 7) is 4.32. The molecule has 2 aromatic rings. The van der Waals surface area contributed by atoms with Crippen LogP contribution in [0.5, 0.6) is 0 Å². The molecule has 1 unspecified atom stereocenters. The van der Waals surface area contributed by atoms with Crippen LogP contribution in [0, 0.1) is 0 Å². The van der Waals surface area contributed by atoms with E-state index in [1.165, 1.54) is 16.5 Å². The molecule has 0 bridgehead atoms. The van der Waals surface area contributed by atoms with Gasteiger partial charge in [-0.15, -0.1) is 0 Å². The van der Waals surface area contributed by atoms with Gasteiger partial charge in [-0.2, -0.15) is 0 Å². The first-order valence-corrected chi connectivity index (χ1v) is 11.4. The van der Waals surface area contributed by atoms with E-state index in [2.05, 4.69) is 41.4 Å². The third kappa shape index (κ3) is 4.68. The highest BCUT2D eigenvalue weighted by Gasteiger charge is 2.30. The Labute approximate surface area is 169 Å². The molecular weight excluding hydrogens is 372 g/mol. The van der Waals surface area contributed by atoms with Gasteiger partial charge in [0.05, 0.1) is 11.7 Å². The Balaban J connectivity index is 1.52. The van der Waals surface area contributed by atoms with Gasteiger partial charge in [0.15, 0.2) is 10.3 Å². The number of thioether (sulfide) groups is 2. The molecule has 1 saturated heterocycles. The molecule has 0 radical (unpaired) electrons. The Kier molecular flexibility index (Phi) is 6.04. The normalized spacial score (nSPS) is 19.1. The molecule has 4 nitrogen and oxygen atoms in total. The van der Waals surface area contributed by atoms with Gasteiger partial charge in [0, 0.05) is 30.3 Å². The van der Waals surface area contributed by atoms with E-state index < -0.39 is 0 Å². The number of para-hydroxylation sites is 1. The summed E-state index contributed by atoms with van der Waals surface area (Å²) in [5, 5.41) is 5.67. The minimum Gasteiger partial charge on any atom is -0.348 e. The fraction of sp³-hybridized carbons (Fsp3) is 0.333. The maximum absolute atomic E-state index is 4.90. The highest BCUT2D eigenvalue weighted by molar-refractivity contribution is 8.14. The smallest absolute Gasteiger partial charge is 0.166 e. The predicted molar refractivity (Wildman–Crippen MR) is 121 cm³/mol. The van der Waals surface area contributed by atoms with Gasteiger partial charge < -0.3 is 10.2 Å². The Morgan fingerprint density at radius 2 is 2.15 bits per heavy atom. The lowest BCUT2D eigenvalue weighted by Gasteiger charge is -2.15. The van der Waals surface area contributed by atoms with Gasteiger partial charge in [0.25, 0.3) is 0 Å². The van der Waals surface area contributed by atoms with Gasteiger partial charge in [0.1, 0.15) is 0 Å². The SMILES string of the molecule is CCCSC(=Nc1ccccc1)Nc1cccc(C2CN3CCSC3=N2)c1. The average molecular weight is 397 g/mol. The zero-order chi connectivity index (χ0) is 18.5. The summed E-state index contributed by atoms with van der Waals surface area (Å²) >= 11 is 3.64. The van der Waals surface area contributed by atoms with Crippen molar-refractivity contribution in [2.75, 3.05) is 29.9 Å². The quantitative estimate of drug-likeness (QED) is 0.543. The fourth-order valence-corrected chi connectivity index (χ4v) is 4.95. The van der Waals surface area contributed by atoms with Crippen LogP contribution in [0.1, 0.15) is 24.9 Å². The Morgan fingerprint density at radius 3 is 2.96 bits per heavy atom. The van der Waals surface area contributed by atoms with E-state index in [1.54, 1.807) is 11.8 Å². The summed E-state index contributed by atoms with van der Waals surface area (Å²) in [5.74, 6) is 2.21. The third-order valence-corrected chi connectivity index (χ3v) is 6.56. The van der Waals surface area contributed by atoms with Crippen LogP contribution in [0.25, 0.3) is 0 Å². The van der Waals surface area contributed by atoms with E-state index in [9.17, 15) is 0 Å². The summed E-state index contributed by atoms with van der Waals surface area (Å²) in [6, 6.07) is 19.0. The van der Waals surface area contributed by atoms with Crippen molar-refractivity contribution in [3.8, 4) is 0 Å². The van der Waals surface area contributed by atoms with Gasteiger partial charge in [-0.05, 0) is 36.2 Å². The van der Waals surface area contributed by atoms with Crippen LogP contribution < -0.4 is 5.32 Å². The summed E-state index contributed by atoms with van der Waals surface area (Å²) in [6.07, 6.45) is 1.12. The van der Waals surface area contributed by atoms with Gasteiger partial charge in [-0.3, -0.25) is 4.99 Å². The largest absolute Gasteiger partial charge is 0.348 e. The highest BCUT2D eigenvalue weighted by Crippen LogP contribution is 2.33. The molecule has 0 spiro atoms. The molecule has 2 aliphatic rings. The van der Waals surface area contributed by atoms with Crippen LogP contribution in [0.4, 0.5) is 11.4 Å². The molecule has 4 rings (SSSR count). The number of hydrogen-bond acceptors (Lipinski definition) is 5. The van der Waals surface area contributed by atoms with Crippen LogP contribution in [-0.4, -0.2) is 39.8 Å². The van der Waals surface area contributed by atoms with Crippen LogP contribution in [-0.2, 0) is 0 Å². The highest BCUT2D eigenvalue weighted by atomic mass is 32.2. The molecule has 2 heterocycles. The average Bonchev–Trinajstić information content (AvgIpc) is 3.29. The summed E-state index contributed by atoms with van der Waals surface area (Å²) < 4.78 is 0. The van der Waals surface area contributed by atoms with Crippen LogP contribution in [0.3, 0.4) is 0 Å². The van der Waals surface area contributed by atoms with E-state index in [0.717, 1.165) is 41.8 Å². The number of nitrogens with one attached hydrogen (secondary N) is 1. The number of rotatable bonds is 5. The van der Waals surface area contributed by atoms with Crippen molar-refractivity contribution >= 4 is 45.2 Å². The van der Waals surface area contributed by atoms with Crippen LogP contribution in [0.2, 0.25) is 0 Å². The molecule has 0 aliphatic carbocycles. The van der Waals surface area contributed by atoms with Crippen molar-refractivity contribution in [2.24, 2.45) is 9.98 Å². The van der Waals surface area contributed by atoms with E-state index in [4.69, 9.17) is 9.98 Å². The molecule has 0 amide bonds. The molecule has 0 aromatic heterocycles. The lowest BCUT2D eigenvalue weighted by Crippen LogP contribution is -2.21. The van der Waals surface area contributed by atoms with E-state index in [1.807, 2.05) is 42.1 Å². The van der Waals surface area contributed by atoms with E-state index in [-0.39, 0.29) is 6.04 Å². The predicted octanol–water partition coefficient (Wildman–Crippen LogP) is 5.39. The van der Waals surface area contributed by atoms with Crippen molar-refractivity contribution in [3.63, 3.8) is 0 Å². The van der Waals surface area contributed by atoms with Crippen molar-refractivity contribution in [1.82, 2.24) is 4.90 Å². The zero-order valence-corrected chi connectivity index (χ0v) is 17.1. The summed E-state index contributed by atoms with van der Waals surface area (Å²) in [4.78, 5) is 12.1. The van der Waals surface area contributed by atoms with Crippen molar-refractivity contribution in [2.45, 2.75) is 19.4 Å². The number of fused-ring (bicyclic) bond motifs is 1. The van der Waals surface area contributed by atoms with Crippen molar-refractivity contribution < 1.29 is 0 Å². The molecule has 1 N–H and O–H groups in total. The second kappa shape index (κ2) is 8.85.